The summed E-state index contributed by atoms with van der Waals surface area (Å²) in [6.07, 6.45) is -2.36. The van der Waals surface area contributed by atoms with E-state index in [4.69, 9.17) is 0 Å². The van der Waals surface area contributed by atoms with Crippen molar-refractivity contribution < 1.29 is 22.7 Å². The molecule has 0 spiro atoms. The molecule has 8 heteroatoms. The molecule has 0 fully saturated rings. The van der Waals surface area contributed by atoms with Crippen molar-refractivity contribution in [2.24, 2.45) is 0 Å². The van der Waals surface area contributed by atoms with Gasteiger partial charge in [-0.05, 0) is 36.4 Å². The largest absolute Gasteiger partial charge is 0.573 e. The Kier molecular flexibility index (Phi) is 6.08. The van der Waals surface area contributed by atoms with Gasteiger partial charge in [-0.3, -0.25) is 4.79 Å². The molecule has 0 aliphatic rings. The van der Waals surface area contributed by atoms with Crippen molar-refractivity contribution in [2.45, 2.75) is 24.7 Å². The summed E-state index contributed by atoms with van der Waals surface area (Å²) in [6, 6.07) is 8.56. The normalized spacial score (nSPS) is 11.2. The quantitative estimate of drug-likeness (QED) is 0.760. The Labute approximate surface area is 141 Å². The summed E-state index contributed by atoms with van der Waals surface area (Å²) in [5, 5.41) is 2.98. The summed E-state index contributed by atoms with van der Waals surface area (Å²) in [5.41, 5.74) is 0.243. The molecule has 1 amide bonds. The molecule has 0 bridgehead atoms. The highest BCUT2D eigenvalue weighted by molar-refractivity contribution is 7.99. The number of carbonyl (C=O) groups excluding carboxylic acids is 1. The van der Waals surface area contributed by atoms with E-state index < -0.39 is 18.0 Å². The van der Waals surface area contributed by atoms with Crippen LogP contribution in [0.15, 0.2) is 47.6 Å². The minimum absolute atomic E-state index is 0.0601. The second kappa shape index (κ2) is 8.05. The molecule has 1 heterocycles. The lowest BCUT2D eigenvalue weighted by atomic mass is 10.2. The molecule has 1 aromatic heterocycles. The number of alkyl halides is 3. The van der Waals surface area contributed by atoms with E-state index in [1.54, 1.807) is 18.3 Å². The summed E-state index contributed by atoms with van der Waals surface area (Å²) in [4.78, 5) is 16.6. The number of rotatable bonds is 6. The van der Waals surface area contributed by atoms with E-state index in [1.165, 1.54) is 30.0 Å². The number of hydrogen-bond donors (Lipinski definition) is 1. The smallest absolute Gasteiger partial charge is 0.404 e. The van der Waals surface area contributed by atoms with Crippen LogP contribution in [0.25, 0.3) is 0 Å². The maximum Gasteiger partial charge on any atom is 0.573 e. The number of aromatic nitrogens is 1. The van der Waals surface area contributed by atoms with Crippen LogP contribution in [-0.4, -0.2) is 23.0 Å². The van der Waals surface area contributed by atoms with E-state index >= 15 is 0 Å². The van der Waals surface area contributed by atoms with Gasteiger partial charge in [0.15, 0.2) is 5.75 Å². The molecule has 24 heavy (non-hydrogen) atoms. The molecule has 0 aliphatic heterocycles. The average Bonchev–Trinajstić information content (AvgIpc) is 2.53. The number of para-hydroxylation sites is 2. The molecule has 0 aliphatic carbocycles. The Morgan fingerprint density at radius 3 is 2.71 bits per heavy atom. The van der Waals surface area contributed by atoms with Crippen LogP contribution in [-0.2, 0) is 0 Å². The van der Waals surface area contributed by atoms with Gasteiger partial charge in [0.2, 0.25) is 0 Å². The molecule has 1 aromatic carbocycles. The van der Waals surface area contributed by atoms with Gasteiger partial charge in [-0.25, -0.2) is 4.98 Å². The van der Waals surface area contributed by atoms with Gasteiger partial charge in [-0.2, -0.15) is 0 Å². The van der Waals surface area contributed by atoms with Crippen molar-refractivity contribution in [1.29, 1.82) is 0 Å². The first-order valence-corrected chi connectivity index (χ1v) is 8.13. The number of halogens is 3. The first-order valence-electron chi connectivity index (χ1n) is 7.14. The Morgan fingerprint density at radius 2 is 2.00 bits per heavy atom. The Hall–Kier alpha value is -2.22. The van der Waals surface area contributed by atoms with Crippen LogP contribution in [0.3, 0.4) is 0 Å². The Balaban J connectivity index is 2.22. The average molecular weight is 356 g/mol. The molecule has 0 saturated heterocycles. The van der Waals surface area contributed by atoms with Crippen molar-refractivity contribution in [3.63, 3.8) is 0 Å². The zero-order valence-electron chi connectivity index (χ0n) is 12.8. The number of amides is 1. The topological polar surface area (TPSA) is 51.2 Å². The fourth-order valence-corrected chi connectivity index (χ4v) is 2.70. The third-order valence-corrected chi connectivity index (χ3v) is 4.03. The summed E-state index contributed by atoms with van der Waals surface area (Å²) in [7, 11) is 0. The van der Waals surface area contributed by atoms with Gasteiger partial charge in [-0.15, -0.1) is 24.9 Å². The second-order valence-electron chi connectivity index (χ2n) is 4.70. The molecule has 1 N–H and O–H groups in total. The van der Waals surface area contributed by atoms with E-state index in [2.05, 4.69) is 15.0 Å². The van der Waals surface area contributed by atoms with Crippen LogP contribution >= 0.6 is 11.8 Å². The first kappa shape index (κ1) is 18.1. The summed E-state index contributed by atoms with van der Waals surface area (Å²) >= 11 is 1.42. The lowest BCUT2D eigenvalue weighted by Crippen LogP contribution is -2.20. The number of thioether (sulfide) groups is 1. The maximum atomic E-state index is 12.4. The Morgan fingerprint density at radius 1 is 1.25 bits per heavy atom. The molecule has 4 nitrogen and oxygen atoms in total. The van der Waals surface area contributed by atoms with Gasteiger partial charge in [0.05, 0.1) is 11.3 Å². The predicted octanol–water partition coefficient (Wildman–Crippen LogP) is 4.73. The molecule has 0 saturated carbocycles. The van der Waals surface area contributed by atoms with Gasteiger partial charge in [0.1, 0.15) is 5.03 Å². The SMILES string of the molecule is CCCSc1ncccc1C(=O)Nc1ccccc1OC(F)(F)F. The van der Waals surface area contributed by atoms with Crippen molar-refractivity contribution >= 4 is 23.4 Å². The highest BCUT2D eigenvalue weighted by Crippen LogP contribution is 2.31. The standard InChI is InChI=1S/C16H15F3N2O2S/c1-2-10-24-15-11(6-5-9-20-15)14(22)21-12-7-3-4-8-13(12)23-16(17,18)19/h3-9H,2,10H2,1H3,(H,21,22). The van der Waals surface area contributed by atoms with Gasteiger partial charge in [-0.1, -0.05) is 19.1 Å². The van der Waals surface area contributed by atoms with Gasteiger partial charge in [0, 0.05) is 6.20 Å². The molecular formula is C16H15F3N2O2S. The fraction of sp³-hybridized carbons (Fsp3) is 0.250. The number of nitrogens with zero attached hydrogens (tertiary/aromatic N) is 1. The van der Waals surface area contributed by atoms with E-state index in [9.17, 15) is 18.0 Å². The number of benzene rings is 1. The summed E-state index contributed by atoms with van der Waals surface area (Å²) < 4.78 is 41.2. The van der Waals surface area contributed by atoms with E-state index in [-0.39, 0.29) is 5.69 Å². The minimum atomic E-state index is -4.84. The second-order valence-corrected chi connectivity index (χ2v) is 5.79. The van der Waals surface area contributed by atoms with Crippen molar-refractivity contribution in [3.8, 4) is 5.75 Å². The number of ether oxygens (including phenoxy) is 1. The molecule has 2 rings (SSSR count). The van der Waals surface area contributed by atoms with E-state index in [0.717, 1.165) is 18.2 Å². The summed E-state index contributed by atoms with van der Waals surface area (Å²) in [5.74, 6) is -0.227. The van der Waals surface area contributed by atoms with Crippen LogP contribution in [0.5, 0.6) is 5.75 Å². The van der Waals surface area contributed by atoms with Gasteiger partial charge >= 0.3 is 6.36 Å². The van der Waals surface area contributed by atoms with E-state index in [1.807, 2.05) is 6.92 Å². The molecule has 0 radical (unpaired) electrons. The lowest BCUT2D eigenvalue weighted by molar-refractivity contribution is -0.274. The third-order valence-electron chi connectivity index (χ3n) is 2.82. The lowest BCUT2D eigenvalue weighted by Gasteiger charge is -2.14. The molecule has 0 unspecified atom stereocenters. The van der Waals surface area contributed by atoms with Gasteiger partial charge < -0.3 is 10.1 Å². The van der Waals surface area contributed by atoms with Crippen LogP contribution < -0.4 is 10.1 Å². The van der Waals surface area contributed by atoms with Crippen LogP contribution in [0.1, 0.15) is 23.7 Å². The van der Waals surface area contributed by atoms with Crippen LogP contribution in [0.2, 0.25) is 0 Å². The number of nitrogens with one attached hydrogen (secondary N) is 1. The van der Waals surface area contributed by atoms with Crippen LogP contribution in [0.4, 0.5) is 18.9 Å². The zero-order chi connectivity index (χ0) is 17.6. The molecular weight excluding hydrogens is 341 g/mol. The maximum absolute atomic E-state index is 12.4. The minimum Gasteiger partial charge on any atom is -0.404 e. The predicted molar refractivity (Wildman–Crippen MR) is 86.3 cm³/mol. The van der Waals surface area contributed by atoms with Gasteiger partial charge in [0.25, 0.3) is 5.91 Å². The molecule has 128 valence electrons. The number of anilines is 1. The molecule has 2 aromatic rings. The first-order chi connectivity index (χ1) is 11.4. The number of pyridine rings is 1. The van der Waals surface area contributed by atoms with Crippen molar-refractivity contribution in [2.75, 3.05) is 11.1 Å². The summed E-state index contributed by atoms with van der Waals surface area (Å²) in [6.45, 7) is 2.00. The van der Waals surface area contributed by atoms with Crippen LogP contribution in [0, 0.1) is 0 Å². The zero-order valence-corrected chi connectivity index (χ0v) is 13.6. The highest BCUT2D eigenvalue weighted by atomic mass is 32.2. The number of hydrogen-bond acceptors (Lipinski definition) is 4. The van der Waals surface area contributed by atoms with Crippen molar-refractivity contribution in [3.05, 3.63) is 48.2 Å². The monoisotopic (exact) mass is 356 g/mol. The fourth-order valence-electron chi connectivity index (χ4n) is 1.85. The number of carbonyl (C=O) groups is 1. The third kappa shape index (κ3) is 5.16. The van der Waals surface area contributed by atoms with E-state index in [0.29, 0.717) is 10.6 Å². The Bertz CT molecular complexity index is 708. The molecule has 0 atom stereocenters. The highest BCUT2D eigenvalue weighted by Gasteiger charge is 2.32. The van der Waals surface area contributed by atoms with Crippen molar-refractivity contribution in [1.82, 2.24) is 4.98 Å².